The fourth-order valence-corrected chi connectivity index (χ4v) is 17.7. The Kier molecular flexibility index (Phi) is 20.8. The van der Waals surface area contributed by atoms with Gasteiger partial charge in [0.05, 0.1) is 85.9 Å². The van der Waals surface area contributed by atoms with Gasteiger partial charge in [0.2, 0.25) is 11.8 Å². The molecule has 0 aromatic heterocycles. The maximum atomic E-state index is 16.4. The van der Waals surface area contributed by atoms with Crippen molar-refractivity contribution in [1.29, 1.82) is 0 Å². The van der Waals surface area contributed by atoms with Crippen LogP contribution in [0.3, 0.4) is 0 Å². The number of benzene rings is 9. The predicted molar refractivity (Wildman–Crippen MR) is 419 cm³/mol. The second kappa shape index (κ2) is 30.8. The summed E-state index contributed by atoms with van der Waals surface area (Å²) in [5.41, 5.74) is 4.31. The molecule has 6 fully saturated rings. The summed E-state index contributed by atoms with van der Waals surface area (Å²) in [5, 5.41) is -0.0935. The quantitative estimate of drug-likeness (QED) is 0.0146. The molecule has 22 nitrogen and oxygen atoms in total. The normalized spacial score (nSPS) is 20.2. The van der Waals surface area contributed by atoms with E-state index in [1.807, 2.05) is 79.7 Å². The van der Waals surface area contributed by atoms with Crippen molar-refractivity contribution in [2.75, 3.05) is 131 Å². The Labute approximate surface area is 665 Å². The van der Waals surface area contributed by atoms with Crippen molar-refractivity contribution in [1.82, 2.24) is 39.2 Å². The average molecular weight is 1600 g/mol. The third-order valence-electron chi connectivity index (χ3n) is 23.0. The molecule has 0 spiro atoms. The largest absolute Gasteiger partial charge is 0.457 e. The van der Waals surface area contributed by atoms with E-state index < -0.39 is 72.7 Å². The second-order valence-electron chi connectivity index (χ2n) is 32.7. The molecule has 0 radical (unpaired) electrons. The number of hydrogen-bond donors (Lipinski definition) is 0. The number of hydrogen-bond acceptors (Lipinski definition) is 18. The number of amides is 6. The molecule has 608 valence electrons. The lowest BCUT2D eigenvalue weighted by Gasteiger charge is -2.40. The second-order valence-corrected chi connectivity index (χ2v) is 32.7. The first-order valence-corrected chi connectivity index (χ1v) is 39.6. The fourth-order valence-electron chi connectivity index (χ4n) is 17.7. The van der Waals surface area contributed by atoms with Crippen LogP contribution in [0.15, 0.2) is 97.1 Å². The number of halogens is 6. The number of piperazine rings is 2. The maximum absolute atomic E-state index is 16.4. The SMILES string of the molecule is Cc1cc(C)cc(Oc2cc3c4c(cc(Oc5cc(C)cc(C)c5)c5c6c(Oc7cc(C)cc(C)c7)cc7c8c(cc(Oc9cc(C)cc(C)c9)c(c2c45)c86)C(=O)N(C(CC(F)(F)F)C(=O)N2CCN(CCN(CC4CO4)CC4CO4)CC2)C7=O)C(=O)N(C(CC(F)(F)F)C(=O)N2CCN(CCN(CC4CO4)CC4CO4)CC2)C3=O)c1. The zero-order valence-corrected chi connectivity index (χ0v) is 65.8. The first-order valence-electron chi connectivity index (χ1n) is 39.6. The first kappa shape index (κ1) is 78.5. The molecule has 0 saturated carbocycles. The number of carbonyl (C=O) groups is 6. The van der Waals surface area contributed by atoms with Crippen LogP contribution in [0.4, 0.5) is 26.3 Å². The van der Waals surface area contributed by atoms with Gasteiger partial charge < -0.3 is 47.7 Å². The van der Waals surface area contributed by atoms with E-state index in [1.165, 1.54) is 34.1 Å². The van der Waals surface area contributed by atoms with Gasteiger partial charge in [-0.2, -0.15) is 26.3 Å². The van der Waals surface area contributed by atoms with E-state index in [-0.39, 0.29) is 188 Å². The van der Waals surface area contributed by atoms with E-state index in [9.17, 15) is 0 Å². The minimum Gasteiger partial charge on any atom is -0.457 e. The minimum atomic E-state index is -5.13. The molecule has 9 aromatic carbocycles. The van der Waals surface area contributed by atoms with Crippen LogP contribution in [0.25, 0.3) is 43.1 Å². The van der Waals surface area contributed by atoms with Gasteiger partial charge >= 0.3 is 12.4 Å². The molecule has 8 aliphatic heterocycles. The van der Waals surface area contributed by atoms with Gasteiger partial charge in [0.1, 0.15) is 58.1 Å². The van der Waals surface area contributed by atoms with E-state index in [1.54, 1.807) is 48.5 Å². The van der Waals surface area contributed by atoms with Gasteiger partial charge in [-0.3, -0.25) is 58.2 Å². The minimum absolute atomic E-state index is 0.0120. The van der Waals surface area contributed by atoms with Crippen LogP contribution in [0.5, 0.6) is 46.0 Å². The predicted octanol–water partition coefficient (Wildman–Crippen LogP) is 13.7. The van der Waals surface area contributed by atoms with Crippen molar-refractivity contribution in [3.63, 3.8) is 0 Å². The fraction of sp³-hybridized carbons (Fsp3) is 0.432. The van der Waals surface area contributed by atoms with Crippen LogP contribution >= 0.6 is 0 Å². The number of alkyl halides is 6. The lowest BCUT2D eigenvalue weighted by molar-refractivity contribution is -0.159. The molecule has 6 unspecified atom stereocenters. The van der Waals surface area contributed by atoms with E-state index in [2.05, 4.69) is 19.6 Å². The van der Waals surface area contributed by atoms with E-state index in [4.69, 9.17) is 37.9 Å². The van der Waals surface area contributed by atoms with Gasteiger partial charge in [-0.05, 0) is 173 Å². The highest BCUT2D eigenvalue weighted by Crippen LogP contribution is 2.59. The highest BCUT2D eigenvalue weighted by atomic mass is 19.4. The molecule has 17 rings (SSSR count). The summed E-state index contributed by atoms with van der Waals surface area (Å²) in [6.45, 7) is 23.6. The number of carbonyl (C=O) groups excluding carboxylic acids is 6. The molecule has 28 heteroatoms. The van der Waals surface area contributed by atoms with Crippen molar-refractivity contribution < 1.29 is 93.0 Å². The Balaban J connectivity index is 0.874. The summed E-state index contributed by atoms with van der Waals surface area (Å²) >= 11 is 0. The molecule has 9 aromatic rings. The number of imide groups is 2. The molecule has 116 heavy (non-hydrogen) atoms. The van der Waals surface area contributed by atoms with Crippen LogP contribution in [-0.4, -0.2) is 255 Å². The lowest BCUT2D eigenvalue weighted by atomic mass is 9.80. The van der Waals surface area contributed by atoms with Gasteiger partial charge in [-0.15, -0.1) is 0 Å². The molecule has 8 aliphatic rings. The van der Waals surface area contributed by atoms with Gasteiger partial charge in [-0.25, -0.2) is 0 Å². The molecule has 0 N–H and O–H groups in total. The Morgan fingerprint density at radius 3 is 0.810 bits per heavy atom. The third-order valence-corrected chi connectivity index (χ3v) is 23.0. The third kappa shape index (κ3) is 16.6. The van der Waals surface area contributed by atoms with Crippen LogP contribution < -0.4 is 18.9 Å². The Morgan fingerprint density at radius 2 is 0.595 bits per heavy atom. The van der Waals surface area contributed by atoms with Crippen LogP contribution in [0, 0.1) is 55.4 Å². The zero-order valence-electron chi connectivity index (χ0n) is 65.8. The van der Waals surface area contributed by atoms with Crippen molar-refractivity contribution in [2.45, 2.75) is 117 Å². The van der Waals surface area contributed by atoms with Crippen molar-refractivity contribution >= 4 is 78.5 Å². The van der Waals surface area contributed by atoms with Crippen LogP contribution in [0.1, 0.15) is 98.8 Å². The summed E-state index contributed by atoms with van der Waals surface area (Å²) in [7, 11) is 0. The van der Waals surface area contributed by atoms with Gasteiger partial charge in [0, 0.05) is 148 Å². The maximum Gasteiger partial charge on any atom is 0.391 e. The summed E-state index contributed by atoms with van der Waals surface area (Å²) in [4.78, 5) is 109. The summed E-state index contributed by atoms with van der Waals surface area (Å²) in [6.07, 6.45) is -13.6. The molecule has 6 amide bonds. The number of nitrogens with zero attached hydrogens (tertiary/aromatic N) is 8. The number of epoxide rings is 4. The number of fused-ring (bicyclic) bond motifs is 2. The van der Waals surface area contributed by atoms with Crippen LogP contribution in [0.2, 0.25) is 0 Å². The molecule has 6 saturated heterocycles. The number of rotatable bonds is 28. The van der Waals surface area contributed by atoms with E-state index >= 15 is 55.1 Å². The van der Waals surface area contributed by atoms with Gasteiger partial charge in [0.15, 0.2) is 0 Å². The first-order chi connectivity index (χ1) is 55.4. The zero-order chi connectivity index (χ0) is 81.2. The Bertz CT molecular complexity index is 4800. The highest BCUT2D eigenvalue weighted by molar-refractivity contribution is 6.45. The molecule has 6 atom stereocenters. The molecular formula is C88H90F6N8O14. The Morgan fingerprint density at radius 1 is 0.362 bits per heavy atom. The molecular weight excluding hydrogens is 1510 g/mol. The summed E-state index contributed by atoms with van der Waals surface area (Å²) in [5.74, 6) is -7.28. The molecule has 0 bridgehead atoms. The van der Waals surface area contributed by atoms with Gasteiger partial charge in [-0.1, -0.05) is 24.3 Å². The standard InChI is InChI=1S/C88H90F6N8O14/c1-47-21-48(2)26-55(25-47)113-69-33-63-73-64(82(104)101(81(63)103)67(37-87(89,90)91)85(107)99-17-13-95(14-18-99)9-11-97(39-59-43-109-59)40-60-44-110-60)35-71(115-57-29-51(5)23-52(6)30-57)77-78-72(116-58-31-53(7)24-54(8)32-58)36-66-74-65(34-70(76(80(74)78)75(69)79(73)77)114-56-27-49(3)22-50(4)28-56)83(105)102(84(66)106)68(38-88(92,93)94)86(108)100-19-15-96(16-20-100)10-12-98(41-61-45-111-61)42-62-46-112-62/h21-36,59-62,67-68H,9-20,37-46H2,1-8H3. The monoisotopic (exact) mass is 1600 g/mol. The average Bonchev–Trinajstić information content (AvgIpc) is 1.24. The number of ether oxygens (including phenoxy) is 8. The van der Waals surface area contributed by atoms with Gasteiger partial charge in [0.25, 0.3) is 23.6 Å². The molecule has 0 aliphatic carbocycles. The highest BCUT2D eigenvalue weighted by Gasteiger charge is 2.52. The van der Waals surface area contributed by atoms with Crippen molar-refractivity contribution in [2.24, 2.45) is 0 Å². The van der Waals surface area contributed by atoms with E-state index in [0.29, 0.717) is 88.6 Å². The molecule has 8 heterocycles. The van der Waals surface area contributed by atoms with E-state index in [0.717, 1.165) is 44.5 Å². The lowest BCUT2D eigenvalue weighted by Crippen LogP contribution is -2.59. The van der Waals surface area contributed by atoms with Crippen molar-refractivity contribution in [3.8, 4) is 46.0 Å². The number of aryl methyl sites for hydroxylation is 8. The van der Waals surface area contributed by atoms with Crippen LogP contribution in [-0.2, 0) is 28.5 Å². The summed E-state index contributed by atoms with van der Waals surface area (Å²) < 4.78 is 145. The smallest absolute Gasteiger partial charge is 0.391 e. The summed E-state index contributed by atoms with van der Waals surface area (Å²) in [6, 6.07) is 21.6. The topological polar surface area (TPSA) is 215 Å². The van der Waals surface area contributed by atoms with Crippen molar-refractivity contribution in [3.05, 3.63) is 164 Å². The Hall–Kier alpha value is -10.0.